The molecule has 0 aromatic carbocycles. The maximum absolute atomic E-state index is 10.7. The van der Waals surface area contributed by atoms with Crippen molar-refractivity contribution in [2.45, 2.75) is 5.03 Å². The first-order chi connectivity index (χ1) is 8.24. The molecule has 0 unspecified atom stereocenters. The largest absolute Gasteiger partial charge is 0.478 e. The van der Waals surface area contributed by atoms with Crippen LogP contribution in [-0.4, -0.2) is 48.7 Å². The molecular weight excluding hydrogens is 242 g/mol. The monoisotopic (exact) mass is 257 g/mol. The molecule has 1 heterocycles. The van der Waals surface area contributed by atoms with Crippen LogP contribution >= 0.6 is 11.8 Å². The normalized spacial score (nSPS) is 10.4. The van der Waals surface area contributed by atoms with Gasteiger partial charge in [0, 0.05) is 19.1 Å². The average molecular weight is 257 g/mol. The molecule has 1 rings (SSSR count). The van der Waals surface area contributed by atoms with Crippen molar-refractivity contribution in [2.75, 3.05) is 32.7 Å². The van der Waals surface area contributed by atoms with Crippen LogP contribution in [0, 0.1) is 0 Å². The molecule has 0 spiro atoms. The number of hydrogen-bond acceptors (Lipinski definition) is 5. The van der Waals surface area contributed by atoms with Crippen LogP contribution in [0.4, 0.5) is 0 Å². The number of ether oxygens (including phenoxy) is 2. The van der Waals surface area contributed by atoms with Gasteiger partial charge in [-0.2, -0.15) is 0 Å². The molecule has 0 fully saturated rings. The van der Waals surface area contributed by atoms with Gasteiger partial charge in [-0.25, -0.2) is 9.78 Å². The quantitative estimate of drug-likeness (QED) is 0.562. The van der Waals surface area contributed by atoms with Crippen molar-refractivity contribution in [3.05, 3.63) is 23.9 Å². The summed E-state index contributed by atoms with van der Waals surface area (Å²) in [6, 6.07) is 3.03. The third kappa shape index (κ3) is 5.67. The Bertz CT molecular complexity index is 359. The number of methoxy groups -OCH3 is 1. The van der Waals surface area contributed by atoms with Gasteiger partial charge in [0.2, 0.25) is 0 Å². The molecule has 1 aromatic heterocycles. The highest BCUT2D eigenvalue weighted by Crippen LogP contribution is 2.15. The Labute approximate surface area is 104 Å². The van der Waals surface area contributed by atoms with Crippen LogP contribution in [0.2, 0.25) is 0 Å². The fraction of sp³-hybridized carbons (Fsp3) is 0.455. The van der Waals surface area contributed by atoms with Crippen LogP contribution in [0.3, 0.4) is 0 Å². The molecule has 0 saturated heterocycles. The number of aromatic carboxylic acids is 1. The van der Waals surface area contributed by atoms with Crippen LogP contribution < -0.4 is 0 Å². The lowest BCUT2D eigenvalue weighted by Gasteiger charge is -2.03. The molecule has 0 radical (unpaired) electrons. The van der Waals surface area contributed by atoms with E-state index in [0.29, 0.717) is 24.8 Å². The number of pyridine rings is 1. The molecule has 0 saturated carbocycles. The number of nitrogens with zero attached hydrogens (tertiary/aromatic N) is 1. The fourth-order valence-electron chi connectivity index (χ4n) is 1.07. The molecule has 0 aliphatic carbocycles. The molecule has 5 nitrogen and oxygen atoms in total. The lowest BCUT2D eigenvalue weighted by Crippen LogP contribution is -2.04. The Morgan fingerprint density at radius 3 is 3.00 bits per heavy atom. The predicted molar refractivity (Wildman–Crippen MR) is 64.6 cm³/mol. The lowest BCUT2D eigenvalue weighted by molar-refractivity contribution is 0.0696. The Morgan fingerprint density at radius 1 is 1.47 bits per heavy atom. The molecule has 0 amide bonds. The Morgan fingerprint density at radius 2 is 2.29 bits per heavy atom. The predicted octanol–water partition coefficient (Wildman–Crippen LogP) is 1.53. The van der Waals surface area contributed by atoms with E-state index in [2.05, 4.69) is 4.98 Å². The first-order valence-electron chi connectivity index (χ1n) is 5.13. The summed E-state index contributed by atoms with van der Waals surface area (Å²) in [5, 5.41) is 9.50. The van der Waals surface area contributed by atoms with Crippen molar-refractivity contribution in [1.82, 2.24) is 4.98 Å². The van der Waals surface area contributed by atoms with Gasteiger partial charge in [0.05, 0.1) is 30.4 Å². The fourth-order valence-corrected chi connectivity index (χ4v) is 1.83. The van der Waals surface area contributed by atoms with E-state index < -0.39 is 5.97 Å². The lowest BCUT2D eigenvalue weighted by atomic mass is 10.3. The number of aromatic nitrogens is 1. The highest BCUT2D eigenvalue weighted by molar-refractivity contribution is 7.99. The van der Waals surface area contributed by atoms with Crippen molar-refractivity contribution < 1.29 is 19.4 Å². The summed E-state index contributed by atoms with van der Waals surface area (Å²) in [4.78, 5) is 14.8. The van der Waals surface area contributed by atoms with E-state index in [4.69, 9.17) is 14.6 Å². The molecule has 0 aliphatic rings. The minimum absolute atomic E-state index is 0.253. The number of hydrogen-bond donors (Lipinski definition) is 1. The summed E-state index contributed by atoms with van der Waals surface area (Å²) in [6.07, 6.45) is 1.50. The zero-order valence-corrected chi connectivity index (χ0v) is 10.4. The molecule has 6 heteroatoms. The zero-order valence-electron chi connectivity index (χ0n) is 9.59. The summed E-state index contributed by atoms with van der Waals surface area (Å²) in [5.41, 5.74) is 0.253. The minimum Gasteiger partial charge on any atom is -0.478 e. The van der Waals surface area contributed by atoms with Gasteiger partial charge < -0.3 is 14.6 Å². The highest BCUT2D eigenvalue weighted by Gasteiger charge is 2.04. The van der Waals surface area contributed by atoms with E-state index in [1.165, 1.54) is 24.0 Å². The molecular formula is C11H15NO4S. The summed E-state index contributed by atoms with van der Waals surface area (Å²) in [5.74, 6) is -0.203. The van der Waals surface area contributed by atoms with Crippen LogP contribution in [0.5, 0.6) is 0 Å². The first-order valence-corrected chi connectivity index (χ1v) is 6.11. The molecule has 1 aromatic rings. The third-order valence-corrected chi connectivity index (χ3v) is 2.78. The zero-order chi connectivity index (χ0) is 12.5. The van der Waals surface area contributed by atoms with Gasteiger partial charge in [-0.1, -0.05) is 0 Å². The van der Waals surface area contributed by atoms with Crippen molar-refractivity contribution >= 4 is 17.7 Å². The SMILES string of the molecule is COCCOCCSc1cc(C(=O)O)ccn1. The second-order valence-electron chi connectivity index (χ2n) is 3.14. The second-order valence-corrected chi connectivity index (χ2v) is 4.26. The number of carboxylic acids is 1. The van der Waals surface area contributed by atoms with Crippen LogP contribution in [0.25, 0.3) is 0 Å². The Balaban J connectivity index is 2.27. The van der Waals surface area contributed by atoms with E-state index in [0.717, 1.165) is 5.75 Å². The summed E-state index contributed by atoms with van der Waals surface area (Å²) in [7, 11) is 1.62. The Hall–Kier alpha value is -1.11. The second kappa shape index (κ2) is 8.05. The van der Waals surface area contributed by atoms with E-state index in [-0.39, 0.29) is 5.56 Å². The minimum atomic E-state index is -0.939. The van der Waals surface area contributed by atoms with Crippen molar-refractivity contribution in [1.29, 1.82) is 0 Å². The standard InChI is InChI=1S/C11H15NO4S/c1-15-4-5-16-6-7-17-10-8-9(11(13)14)2-3-12-10/h2-3,8H,4-7H2,1H3,(H,13,14). The molecule has 0 atom stereocenters. The maximum Gasteiger partial charge on any atom is 0.335 e. The van der Waals surface area contributed by atoms with Crippen molar-refractivity contribution in [2.24, 2.45) is 0 Å². The van der Waals surface area contributed by atoms with Gasteiger partial charge in [-0.15, -0.1) is 11.8 Å². The van der Waals surface area contributed by atoms with E-state index >= 15 is 0 Å². The van der Waals surface area contributed by atoms with Gasteiger partial charge in [0.1, 0.15) is 0 Å². The number of thioether (sulfide) groups is 1. The summed E-state index contributed by atoms with van der Waals surface area (Å²) in [6.45, 7) is 1.74. The van der Waals surface area contributed by atoms with Gasteiger partial charge in [-0.3, -0.25) is 0 Å². The number of carboxylic acid groups (broad SMARTS) is 1. The van der Waals surface area contributed by atoms with E-state index in [9.17, 15) is 4.79 Å². The van der Waals surface area contributed by atoms with Gasteiger partial charge in [-0.05, 0) is 12.1 Å². The molecule has 1 N–H and O–H groups in total. The number of rotatable bonds is 8. The third-order valence-electron chi connectivity index (χ3n) is 1.89. The molecule has 0 aliphatic heterocycles. The number of carbonyl (C=O) groups is 1. The van der Waals surface area contributed by atoms with Gasteiger partial charge in [0.15, 0.2) is 0 Å². The van der Waals surface area contributed by atoms with Gasteiger partial charge in [0.25, 0.3) is 0 Å². The van der Waals surface area contributed by atoms with Crippen LogP contribution in [-0.2, 0) is 9.47 Å². The van der Waals surface area contributed by atoms with Crippen molar-refractivity contribution in [3.8, 4) is 0 Å². The Kier molecular flexibility index (Phi) is 6.61. The van der Waals surface area contributed by atoms with Crippen LogP contribution in [0.1, 0.15) is 10.4 Å². The van der Waals surface area contributed by atoms with Crippen LogP contribution in [0.15, 0.2) is 23.4 Å². The maximum atomic E-state index is 10.7. The van der Waals surface area contributed by atoms with Crippen molar-refractivity contribution in [3.63, 3.8) is 0 Å². The van der Waals surface area contributed by atoms with E-state index in [1.54, 1.807) is 13.2 Å². The average Bonchev–Trinajstić information content (AvgIpc) is 2.34. The molecule has 94 valence electrons. The smallest absolute Gasteiger partial charge is 0.335 e. The molecule has 0 bridgehead atoms. The molecule has 17 heavy (non-hydrogen) atoms. The van der Waals surface area contributed by atoms with E-state index in [1.807, 2.05) is 0 Å². The highest BCUT2D eigenvalue weighted by atomic mass is 32.2. The summed E-state index contributed by atoms with van der Waals surface area (Å²) >= 11 is 1.47. The summed E-state index contributed by atoms with van der Waals surface area (Å²) < 4.78 is 10.1. The first kappa shape index (κ1) is 14.0. The van der Waals surface area contributed by atoms with Gasteiger partial charge >= 0.3 is 5.97 Å². The topological polar surface area (TPSA) is 68.7 Å².